The largest absolute Gasteiger partial charge is 0.497 e. The van der Waals surface area contributed by atoms with E-state index in [9.17, 15) is 4.79 Å². The van der Waals surface area contributed by atoms with Crippen LogP contribution in [0.4, 0.5) is 5.69 Å². The molecular weight excluding hydrogens is 290 g/mol. The van der Waals surface area contributed by atoms with Crippen LogP contribution in [-0.4, -0.2) is 25.7 Å². The minimum atomic E-state index is -0.0826. The fourth-order valence-electron chi connectivity index (χ4n) is 2.76. The van der Waals surface area contributed by atoms with Crippen LogP contribution in [-0.2, 0) is 9.53 Å². The Labute approximate surface area is 130 Å². The molecule has 1 saturated carbocycles. The monoisotopic (exact) mass is 311 g/mol. The van der Waals surface area contributed by atoms with Crippen molar-refractivity contribution in [1.82, 2.24) is 0 Å². The van der Waals surface area contributed by atoms with E-state index in [-0.39, 0.29) is 17.9 Å². The van der Waals surface area contributed by atoms with Gasteiger partial charge < -0.3 is 14.8 Å². The molecule has 0 spiro atoms. The second-order valence-electron chi connectivity index (χ2n) is 5.30. The zero-order valence-electron chi connectivity index (χ0n) is 12.5. The summed E-state index contributed by atoms with van der Waals surface area (Å²) in [5.41, 5.74) is 0.852. The van der Waals surface area contributed by atoms with Crippen LogP contribution in [0.3, 0.4) is 0 Å². The van der Waals surface area contributed by atoms with Crippen molar-refractivity contribution in [2.24, 2.45) is 5.92 Å². The van der Waals surface area contributed by atoms with Crippen LogP contribution in [0.2, 0.25) is 5.02 Å². The first-order valence-electron chi connectivity index (χ1n) is 7.40. The van der Waals surface area contributed by atoms with Crippen LogP contribution in [0.5, 0.6) is 5.75 Å². The molecule has 2 rings (SSSR count). The smallest absolute Gasteiger partial charge is 0.308 e. The summed E-state index contributed by atoms with van der Waals surface area (Å²) in [4.78, 5) is 11.9. The number of benzene rings is 1. The molecule has 0 aromatic heterocycles. The number of halogens is 1. The van der Waals surface area contributed by atoms with E-state index in [0.29, 0.717) is 11.6 Å². The van der Waals surface area contributed by atoms with Gasteiger partial charge in [-0.1, -0.05) is 18.0 Å². The summed E-state index contributed by atoms with van der Waals surface area (Å²) in [6, 6.07) is 5.76. The lowest BCUT2D eigenvalue weighted by Gasteiger charge is -2.29. The number of esters is 1. The van der Waals surface area contributed by atoms with Crippen LogP contribution in [0.25, 0.3) is 0 Å². The number of anilines is 1. The average molecular weight is 312 g/mol. The van der Waals surface area contributed by atoms with Gasteiger partial charge in [0.15, 0.2) is 0 Å². The molecule has 2 atom stereocenters. The van der Waals surface area contributed by atoms with Crippen molar-refractivity contribution in [2.45, 2.75) is 38.6 Å². The molecule has 116 valence electrons. The summed E-state index contributed by atoms with van der Waals surface area (Å²) in [5, 5.41) is 4.09. The molecule has 1 aromatic rings. The molecule has 0 heterocycles. The second kappa shape index (κ2) is 7.55. The van der Waals surface area contributed by atoms with Crippen molar-refractivity contribution in [1.29, 1.82) is 0 Å². The topological polar surface area (TPSA) is 47.6 Å². The number of ether oxygens (including phenoxy) is 2. The van der Waals surface area contributed by atoms with Gasteiger partial charge in [-0.15, -0.1) is 0 Å². The quantitative estimate of drug-likeness (QED) is 0.838. The van der Waals surface area contributed by atoms with Gasteiger partial charge in [0, 0.05) is 12.1 Å². The van der Waals surface area contributed by atoms with E-state index in [1.54, 1.807) is 7.11 Å². The van der Waals surface area contributed by atoms with Gasteiger partial charge in [-0.05, 0) is 38.3 Å². The highest BCUT2D eigenvalue weighted by Crippen LogP contribution is 2.32. The summed E-state index contributed by atoms with van der Waals surface area (Å²) in [6.45, 7) is 2.28. The fourth-order valence-corrected chi connectivity index (χ4v) is 2.93. The first kappa shape index (κ1) is 16.0. The predicted molar refractivity (Wildman–Crippen MR) is 84.0 cm³/mol. The Bertz CT molecular complexity index is 492. The number of carbonyl (C=O) groups is 1. The minimum absolute atomic E-state index is 0.0133. The zero-order valence-corrected chi connectivity index (χ0v) is 13.3. The Morgan fingerprint density at radius 3 is 2.95 bits per heavy atom. The van der Waals surface area contributed by atoms with Gasteiger partial charge in [-0.2, -0.15) is 0 Å². The standard InChI is InChI=1S/C16H22ClNO3/c1-3-21-16(19)11-5-4-6-12(9-11)18-15-10-13(20-2)7-8-14(15)17/h7-8,10-12,18H,3-6,9H2,1-2H3. The van der Waals surface area contributed by atoms with E-state index in [2.05, 4.69) is 5.32 Å². The van der Waals surface area contributed by atoms with Crippen molar-refractivity contribution in [2.75, 3.05) is 19.0 Å². The maximum absolute atomic E-state index is 11.9. The summed E-state index contributed by atoms with van der Waals surface area (Å²) in [7, 11) is 1.63. The summed E-state index contributed by atoms with van der Waals surface area (Å²) in [6.07, 6.45) is 3.74. The Morgan fingerprint density at radius 2 is 2.24 bits per heavy atom. The van der Waals surface area contributed by atoms with E-state index in [0.717, 1.165) is 37.1 Å². The third-order valence-corrected chi connectivity index (χ3v) is 4.16. The summed E-state index contributed by atoms with van der Waals surface area (Å²) in [5.74, 6) is 0.668. The fraction of sp³-hybridized carbons (Fsp3) is 0.562. The number of hydrogen-bond donors (Lipinski definition) is 1. The van der Waals surface area contributed by atoms with E-state index < -0.39 is 0 Å². The van der Waals surface area contributed by atoms with Gasteiger partial charge in [0.05, 0.1) is 30.3 Å². The SMILES string of the molecule is CCOC(=O)C1CCCC(Nc2cc(OC)ccc2Cl)C1. The molecule has 0 saturated heterocycles. The normalized spacial score (nSPS) is 21.7. The van der Waals surface area contributed by atoms with Gasteiger partial charge in [-0.25, -0.2) is 0 Å². The van der Waals surface area contributed by atoms with Crippen LogP contribution < -0.4 is 10.1 Å². The highest BCUT2D eigenvalue weighted by molar-refractivity contribution is 6.33. The molecule has 0 amide bonds. The maximum Gasteiger partial charge on any atom is 0.308 e. The third kappa shape index (κ3) is 4.27. The molecule has 0 bridgehead atoms. The van der Waals surface area contributed by atoms with Crippen molar-refractivity contribution >= 4 is 23.3 Å². The number of hydrogen-bond acceptors (Lipinski definition) is 4. The first-order valence-corrected chi connectivity index (χ1v) is 7.78. The van der Waals surface area contributed by atoms with Gasteiger partial charge in [-0.3, -0.25) is 4.79 Å². The first-order chi connectivity index (χ1) is 10.1. The molecule has 1 fully saturated rings. The molecule has 1 aliphatic rings. The second-order valence-corrected chi connectivity index (χ2v) is 5.71. The van der Waals surface area contributed by atoms with Crippen LogP contribution in [0.1, 0.15) is 32.6 Å². The molecule has 1 N–H and O–H groups in total. The van der Waals surface area contributed by atoms with E-state index in [1.807, 2.05) is 25.1 Å². The van der Waals surface area contributed by atoms with Gasteiger partial charge in [0.2, 0.25) is 0 Å². The molecule has 2 unspecified atom stereocenters. The highest BCUT2D eigenvalue weighted by Gasteiger charge is 2.28. The minimum Gasteiger partial charge on any atom is -0.497 e. The molecule has 0 radical (unpaired) electrons. The van der Waals surface area contributed by atoms with Gasteiger partial charge in [0.1, 0.15) is 5.75 Å². The Balaban J connectivity index is 2.00. The lowest BCUT2D eigenvalue weighted by Crippen LogP contribution is -2.32. The molecule has 21 heavy (non-hydrogen) atoms. The lowest BCUT2D eigenvalue weighted by atomic mass is 9.85. The van der Waals surface area contributed by atoms with Crippen LogP contribution >= 0.6 is 11.6 Å². The summed E-state index contributed by atoms with van der Waals surface area (Å²) < 4.78 is 10.3. The maximum atomic E-state index is 11.9. The van der Waals surface area contributed by atoms with Crippen molar-refractivity contribution in [3.05, 3.63) is 23.2 Å². The number of carbonyl (C=O) groups excluding carboxylic acids is 1. The van der Waals surface area contributed by atoms with E-state index in [1.165, 1.54) is 0 Å². The average Bonchev–Trinajstić information content (AvgIpc) is 2.50. The number of methoxy groups -OCH3 is 1. The van der Waals surface area contributed by atoms with Gasteiger partial charge >= 0.3 is 5.97 Å². The van der Waals surface area contributed by atoms with Gasteiger partial charge in [0.25, 0.3) is 0 Å². The highest BCUT2D eigenvalue weighted by atomic mass is 35.5. The van der Waals surface area contributed by atoms with Crippen molar-refractivity contribution in [3.63, 3.8) is 0 Å². The van der Waals surface area contributed by atoms with Crippen molar-refractivity contribution in [3.8, 4) is 5.75 Å². The molecular formula is C16H22ClNO3. The Hall–Kier alpha value is -1.42. The number of nitrogens with one attached hydrogen (secondary N) is 1. The van der Waals surface area contributed by atoms with Crippen LogP contribution in [0.15, 0.2) is 18.2 Å². The molecule has 4 nitrogen and oxygen atoms in total. The zero-order chi connectivity index (χ0) is 15.2. The Kier molecular flexibility index (Phi) is 5.74. The lowest BCUT2D eigenvalue weighted by molar-refractivity contribution is -0.149. The van der Waals surface area contributed by atoms with Crippen LogP contribution in [0, 0.1) is 5.92 Å². The van der Waals surface area contributed by atoms with Crippen molar-refractivity contribution < 1.29 is 14.3 Å². The van der Waals surface area contributed by atoms with E-state index in [4.69, 9.17) is 21.1 Å². The van der Waals surface area contributed by atoms with E-state index >= 15 is 0 Å². The predicted octanol–water partition coefficient (Wildman–Crippen LogP) is 3.88. The third-order valence-electron chi connectivity index (χ3n) is 3.83. The Morgan fingerprint density at radius 1 is 1.43 bits per heavy atom. The number of rotatable bonds is 5. The molecule has 5 heteroatoms. The molecule has 1 aliphatic carbocycles. The molecule has 0 aliphatic heterocycles. The summed E-state index contributed by atoms with van der Waals surface area (Å²) >= 11 is 6.21. The molecule has 1 aromatic carbocycles.